The lowest BCUT2D eigenvalue weighted by Gasteiger charge is -2.05. The van der Waals surface area contributed by atoms with Crippen LogP contribution in [0.2, 0.25) is 5.15 Å². The van der Waals surface area contributed by atoms with Gasteiger partial charge >= 0.3 is 5.91 Å². The van der Waals surface area contributed by atoms with E-state index in [0.29, 0.717) is 0 Å². The normalized spacial score (nSPS) is 9.83. The topological polar surface area (TPSA) is 84.2 Å². The standard InChI is InChI=1S/C11H8ClN3O3/c12-9-4-3-7(6-13-9)10(16)14-15-11(17)8-2-1-5-18-8/h1-6H,(H,14,16)(H,15,17). The summed E-state index contributed by atoms with van der Waals surface area (Å²) in [5.74, 6) is -0.945. The molecule has 0 saturated carbocycles. The van der Waals surface area contributed by atoms with Gasteiger partial charge in [0.15, 0.2) is 5.76 Å². The van der Waals surface area contributed by atoms with Crippen LogP contribution in [0.5, 0.6) is 0 Å². The monoisotopic (exact) mass is 265 g/mol. The number of hydrogen-bond donors (Lipinski definition) is 2. The van der Waals surface area contributed by atoms with Gasteiger partial charge in [-0.25, -0.2) is 4.98 Å². The van der Waals surface area contributed by atoms with Crippen molar-refractivity contribution in [3.63, 3.8) is 0 Å². The molecule has 92 valence electrons. The zero-order valence-electron chi connectivity index (χ0n) is 9.01. The maximum Gasteiger partial charge on any atom is 0.305 e. The fourth-order valence-electron chi connectivity index (χ4n) is 1.17. The first-order valence-electron chi connectivity index (χ1n) is 4.92. The number of rotatable bonds is 2. The van der Waals surface area contributed by atoms with Crippen molar-refractivity contribution < 1.29 is 14.0 Å². The molecular weight excluding hydrogens is 258 g/mol. The smallest absolute Gasteiger partial charge is 0.305 e. The molecule has 0 atom stereocenters. The van der Waals surface area contributed by atoms with Gasteiger partial charge in [-0.3, -0.25) is 20.4 Å². The highest BCUT2D eigenvalue weighted by molar-refractivity contribution is 6.29. The number of nitrogens with one attached hydrogen (secondary N) is 2. The van der Waals surface area contributed by atoms with Gasteiger partial charge < -0.3 is 4.42 Å². The molecule has 2 aromatic rings. The third-order valence-electron chi connectivity index (χ3n) is 2.02. The van der Waals surface area contributed by atoms with E-state index >= 15 is 0 Å². The van der Waals surface area contributed by atoms with Crippen LogP contribution in [0.3, 0.4) is 0 Å². The molecule has 0 aliphatic carbocycles. The molecule has 0 radical (unpaired) electrons. The number of aromatic nitrogens is 1. The van der Waals surface area contributed by atoms with Gasteiger partial charge in [0, 0.05) is 6.20 Å². The summed E-state index contributed by atoms with van der Waals surface area (Å²) in [6.45, 7) is 0. The van der Waals surface area contributed by atoms with Crippen molar-refractivity contribution in [1.29, 1.82) is 0 Å². The van der Waals surface area contributed by atoms with Gasteiger partial charge in [-0.1, -0.05) is 11.6 Å². The van der Waals surface area contributed by atoms with Crippen molar-refractivity contribution in [2.75, 3.05) is 0 Å². The average Bonchev–Trinajstić information content (AvgIpc) is 2.90. The Morgan fingerprint density at radius 3 is 2.56 bits per heavy atom. The molecule has 0 bridgehead atoms. The fourth-order valence-corrected chi connectivity index (χ4v) is 1.28. The first-order chi connectivity index (χ1) is 8.66. The number of hydrazine groups is 1. The van der Waals surface area contributed by atoms with Gasteiger partial charge in [0.05, 0.1) is 11.8 Å². The lowest BCUT2D eigenvalue weighted by molar-refractivity contribution is 0.0830. The quantitative estimate of drug-likeness (QED) is 0.635. The van der Waals surface area contributed by atoms with Crippen molar-refractivity contribution in [2.24, 2.45) is 0 Å². The van der Waals surface area contributed by atoms with E-state index in [2.05, 4.69) is 15.8 Å². The Morgan fingerprint density at radius 1 is 1.17 bits per heavy atom. The largest absolute Gasteiger partial charge is 0.459 e. The molecule has 2 aromatic heterocycles. The van der Waals surface area contributed by atoms with Crippen LogP contribution >= 0.6 is 11.6 Å². The Labute approximate surface area is 107 Å². The van der Waals surface area contributed by atoms with Crippen LogP contribution in [0.15, 0.2) is 41.1 Å². The minimum absolute atomic E-state index is 0.101. The van der Waals surface area contributed by atoms with E-state index in [1.165, 1.54) is 30.7 Å². The Balaban J connectivity index is 1.92. The van der Waals surface area contributed by atoms with Crippen LogP contribution in [0.25, 0.3) is 0 Å². The summed E-state index contributed by atoms with van der Waals surface area (Å²) in [6.07, 6.45) is 2.66. The number of carbonyl (C=O) groups excluding carboxylic acids is 2. The molecule has 0 spiro atoms. The second-order valence-electron chi connectivity index (χ2n) is 3.26. The van der Waals surface area contributed by atoms with E-state index < -0.39 is 11.8 Å². The van der Waals surface area contributed by atoms with Crippen LogP contribution in [0.1, 0.15) is 20.9 Å². The van der Waals surface area contributed by atoms with Crippen molar-refractivity contribution in [3.8, 4) is 0 Å². The van der Waals surface area contributed by atoms with E-state index in [4.69, 9.17) is 16.0 Å². The molecule has 0 aromatic carbocycles. The highest BCUT2D eigenvalue weighted by Crippen LogP contribution is 2.04. The number of nitrogens with zero attached hydrogens (tertiary/aromatic N) is 1. The summed E-state index contributed by atoms with van der Waals surface area (Å²) < 4.78 is 4.86. The second kappa shape index (κ2) is 5.33. The van der Waals surface area contributed by atoms with Crippen molar-refractivity contribution in [1.82, 2.24) is 15.8 Å². The fraction of sp³-hybridized carbons (Fsp3) is 0. The number of halogens is 1. The lowest BCUT2D eigenvalue weighted by Crippen LogP contribution is -2.41. The second-order valence-corrected chi connectivity index (χ2v) is 3.64. The molecule has 0 saturated heterocycles. The SMILES string of the molecule is O=C(NNC(=O)c1ccco1)c1ccc(Cl)nc1. The number of furan rings is 1. The average molecular weight is 266 g/mol. The minimum atomic E-state index is -0.546. The predicted molar refractivity (Wildman–Crippen MR) is 62.9 cm³/mol. The first kappa shape index (κ1) is 12.1. The zero-order valence-corrected chi connectivity index (χ0v) is 9.77. The number of amides is 2. The van der Waals surface area contributed by atoms with Crippen LogP contribution in [0.4, 0.5) is 0 Å². The van der Waals surface area contributed by atoms with Crippen LogP contribution in [0, 0.1) is 0 Å². The molecule has 2 heterocycles. The minimum Gasteiger partial charge on any atom is -0.459 e. The summed E-state index contributed by atoms with van der Waals surface area (Å²) in [4.78, 5) is 26.8. The van der Waals surface area contributed by atoms with Crippen LogP contribution < -0.4 is 10.9 Å². The highest BCUT2D eigenvalue weighted by atomic mass is 35.5. The van der Waals surface area contributed by atoms with E-state index in [0.717, 1.165) is 0 Å². The summed E-state index contributed by atoms with van der Waals surface area (Å²) in [6, 6.07) is 6.01. The van der Waals surface area contributed by atoms with Gasteiger partial charge in [-0.05, 0) is 24.3 Å². The third-order valence-corrected chi connectivity index (χ3v) is 2.25. The van der Waals surface area contributed by atoms with Gasteiger partial charge in [-0.15, -0.1) is 0 Å². The van der Waals surface area contributed by atoms with Crippen molar-refractivity contribution >= 4 is 23.4 Å². The number of hydrogen-bond acceptors (Lipinski definition) is 4. The van der Waals surface area contributed by atoms with Gasteiger partial charge in [0.2, 0.25) is 0 Å². The Kier molecular flexibility index (Phi) is 3.59. The Hall–Kier alpha value is -2.34. The summed E-state index contributed by atoms with van der Waals surface area (Å²) in [7, 11) is 0. The molecule has 2 rings (SSSR count). The molecule has 0 aliphatic rings. The first-order valence-corrected chi connectivity index (χ1v) is 5.30. The summed E-state index contributed by atoms with van der Waals surface area (Å²) >= 11 is 5.59. The molecule has 6 nitrogen and oxygen atoms in total. The molecule has 2 amide bonds. The van der Waals surface area contributed by atoms with E-state index in [9.17, 15) is 9.59 Å². The van der Waals surface area contributed by atoms with Gasteiger partial charge in [0.1, 0.15) is 5.15 Å². The highest BCUT2D eigenvalue weighted by Gasteiger charge is 2.10. The van der Waals surface area contributed by atoms with E-state index in [1.54, 1.807) is 6.07 Å². The molecule has 0 fully saturated rings. The van der Waals surface area contributed by atoms with Crippen molar-refractivity contribution in [3.05, 3.63) is 53.2 Å². The van der Waals surface area contributed by atoms with E-state index in [1.807, 2.05) is 0 Å². The molecule has 18 heavy (non-hydrogen) atoms. The predicted octanol–water partition coefficient (Wildman–Crippen LogP) is 1.40. The van der Waals surface area contributed by atoms with E-state index in [-0.39, 0.29) is 16.5 Å². The maximum atomic E-state index is 11.6. The molecule has 0 aliphatic heterocycles. The maximum absolute atomic E-state index is 11.6. The number of carbonyl (C=O) groups is 2. The van der Waals surface area contributed by atoms with Gasteiger partial charge in [-0.2, -0.15) is 0 Å². The molecular formula is C11H8ClN3O3. The molecule has 0 unspecified atom stereocenters. The summed E-state index contributed by atoms with van der Waals surface area (Å²) in [5, 5.41) is 0.283. The van der Waals surface area contributed by atoms with Crippen LogP contribution in [-0.2, 0) is 0 Å². The third kappa shape index (κ3) is 2.86. The number of pyridine rings is 1. The Morgan fingerprint density at radius 2 is 1.94 bits per heavy atom. The molecule has 2 N–H and O–H groups in total. The zero-order chi connectivity index (χ0) is 13.0. The van der Waals surface area contributed by atoms with Crippen molar-refractivity contribution in [2.45, 2.75) is 0 Å². The molecule has 7 heteroatoms. The van der Waals surface area contributed by atoms with Crippen LogP contribution in [-0.4, -0.2) is 16.8 Å². The Bertz CT molecular complexity index is 551. The lowest BCUT2D eigenvalue weighted by atomic mass is 10.3. The van der Waals surface area contributed by atoms with Gasteiger partial charge in [0.25, 0.3) is 5.91 Å². The summed E-state index contributed by atoms with van der Waals surface area (Å²) in [5.41, 5.74) is 4.71.